The lowest BCUT2D eigenvalue weighted by Gasteiger charge is -2.14. The van der Waals surface area contributed by atoms with Crippen LogP contribution in [0.3, 0.4) is 0 Å². The van der Waals surface area contributed by atoms with Crippen molar-refractivity contribution in [3.8, 4) is 0 Å². The van der Waals surface area contributed by atoms with E-state index in [2.05, 4.69) is 4.98 Å². The molecule has 0 spiro atoms. The van der Waals surface area contributed by atoms with Crippen molar-refractivity contribution >= 4 is 17.0 Å². The molecule has 0 saturated carbocycles. The maximum atomic E-state index is 12.1. The Balaban J connectivity index is 2.08. The summed E-state index contributed by atoms with van der Waals surface area (Å²) in [7, 11) is 1.55. The van der Waals surface area contributed by atoms with Gasteiger partial charge in [0.25, 0.3) is 5.56 Å². The third-order valence-electron chi connectivity index (χ3n) is 3.68. The minimum atomic E-state index is -0.744. The summed E-state index contributed by atoms with van der Waals surface area (Å²) in [5.41, 5.74) is 5.89. The second-order valence-electron chi connectivity index (χ2n) is 4.91. The fraction of sp³-hybridized carbons (Fsp3) is 0.500. The first kappa shape index (κ1) is 13.1. The third-order valence-corrected chi connectivity index (χ3v) is 3.68. The summed E-state index contributed by atoms with van der Waals surface area (Å²) in [6, 6.07) is 1.64. The van der Waals surface area contributed by atoms with Gasteiger partial charge in [-0.2, -0.15) is 4.98 Å². The van der Waals surface area contributed by atoms with E-state index in [1.807, 2.05) is 0 Å². The number of rotatable bonds is 2. The van der Waals surface area contributed by atoms with Gasteiger partial charge in [-0.1, -0.05) is 0 Å². The molecule has 8 heteroatoms. The molecular formula is C12H16N4O4. The van der Waals surface area contributed by atoms with Gasteiger partial charge in [0, 0.05) is 19.7 Å². The molecule has 1 aliphatic rings. The molecule has 4 N–H and O–H groups in total. The van der Waals surface area contributed by atoms with Crippen LogP contribution in [0.1, 0.15) is 12.6 Å². The quantitative estimate of drug-likeness (QED) is 0.647. The van der Waals surface area contributed by atoms with Crippen LogP contribution in [-0.2, 0) is 11.8 Å². The van der Waals surface area contributed by atoms with Gasteiger partial charge in [-0.15, -0.1) is 0 Å². The zero-order valence-corrected chi connectivity index (χ0v) is 10.9. The summed E-state index contributed by atoms with van der Waals surface area (Å²) in [6.07, 6.45) is 0.160. The zero-order valence-electron chi connectivity index (χ0n) is 10.9. The molecule has 0 amide bonds. The Kier molecular flexibility index (Phi) is 3.00. The van der Waals surface area contributed by atoms with E-state index in [-0.39, 0.29) is 18.1 Å². The molecule has 8 nitrogen and oxygen atoms in total. The number of aliphatic hydroxyl groups is 2. The van der Waals surface area contributed by atoms with Gasteiger partial charge in [0.1, 0.15) is 12.3 Å². The van der Waals surface area contributed by atoms with Gasteiger partial charge in [0.2, 0.25) is 5.95 Å². The predicted octanol–water partition coefficient (Wildman–Crippen LogP) is -1.04. The molecule has 3 rings (SSSR count). The summed E-state index contributed by atoms with van der Waals surface area (Å²) in [5.74, 6) is 0.111. The van der Waals surface area contributed by atoms with E-state index in [0.717, 1.165) is 0 Å². The fourth-order valence-corrected chi connectivity index (χ4v) is 2.47. The summed E-state index contributed by atoms with van der Waals surface area (Å²) >= 11 is 0. The van der Waals surface area contributed by atoms with Crippen molar-refractivity contribution in [1.29, 1.82) is 0 Å². The average Bonchev–Trinajstić information content (AvgIpc) is 2.99. The van der Waals surface area contributed by atoms with E-state index in [9.17, 15) is 9.90 Å². The zero-order chi connectivity index (χ0) is 14.4. The number of nitrogens with zero attached hydrogens (tertiary/aromatic N) is 3. The highest BCUT2D eigenvalue weighted by molar-refractivity contribution is 5.76. The highest BCUT2D eigenvalue weighted by Gasteiger charge is 2.35. The largest absolute Gasteiger partial charge is 0.394 e. The van der Waals surface area contributed by atoms with Crippen molar-refractivity contribution in [2.24, 2.45) is 7.05 Å². The first-order valence-corrected chi connectivity index (χ1v) is 6.30. The number of aliphatic hydroxyl groups excluding tert-OH is 2. The number of nitrogens with two attached hydrogens (primary N) is 1. The summed E-state index contributed by atoms with van der Waals surface area (Å²) in [6.45, 7) is -0.256. The lowest BCUT2D eigenvalue weighted by molar-refractivity contribution is -0.0430. The fourth-order valence-electron chi connectivity index (χ4n) is 2.47. The molecule has 1 fully saturated rings. The first-order valence-electron chi connectivity index (χ1n) is 6.30. The Hall–Kier alpha value is -1.90. The first-order chi connectivity index (χ1) is 9.52. The number of anilines is 1. The van der Waals surface area contributed by atoms with Crippen LogP contribution in [0.4, 0.5) is 5.95 Å². The molecule has 3 unspecified atom stereocenters. The van der Waals surface area contributed by atoms with Crippen LogP contribution in [0, 0.1) is 0 Å². The topological polar surface area (TPSA) is 116 Å². The van der Waals surface area contributed by atoms with Gasteiger partial charge >= 0.3 is 0 Å². The van der Waals surface area contributed by atoms with Crippen molar-refractivity contribution in [3.05, 3.63) is 22.6 Å². The molecule has 0 aliphatic carbocycles. The number of fused-ring (bicyclic) bond motifs is 1. The van der Waals surface area contributed by atoms with Crippen molar-refractivity contribution < 1.29 is 14.9 Å². The SMILES string of the molecule is Cn1c(N)nc2c(ccn2C2CC(O)C(CO)O2)c1=O. The predicted molar refractivity (Wildman–Crippen MR) is 71.0 cm³/mol. The molecule has 3 atom stereocenters. The molecule has 1 aliphatic heterocycles. The van der Waals surface area contributed by atoms with Gasteiger partial charge < -0.3 is 25.3 Å². The molecule has 20 heavy (non-hydrogen) atoms. The minimum Gasteiger partial charge on any atom is -0.394 e. The van der Waals surface area contributed by atoms with Crippen LogP contribution in [-0.4, -0.2) is 43.1 Å². The lowest BCUT2D eigenvalue weighted by Crippen LogP contribution is -2.24. The standard InChI is InChI=1S/C12H16N4O4/c1-15-11(19)6-2-3-16(10(6)14-12(15)13)9-4-7(18)8(5-17)20-9/h2-3,7-9,17-18H,4-5H2,1H3,(H2,13,14). The van der Waals surface area contributed by atoms with Crippen LogP contribution in [0.15, 0.2) is 17.1 Å². The van der Waals surface area contributed by atoms with E-state index in [1.165, 1.54) is 4.57 Å². The number of hydrogen-bond donors (Lipinski definition) is 3. The van der Waals surface area contributed by atoms with Crippen molar-refractivity contribution in [1.82, 2.24) is 14.1 Å². The molecule has 2 aromatic rings. The Morgan fingerprint density at radius 3 is 3.00 bits per heavy atom. The van der Waals surface area contributed by atoms with Crippen LogP contribution in [0.2, 0.25) is 0 Å². The number of nitrogen functional groups attached to an aromatic ring is 1. The van der Waals surface area contributed by atoms with E-state index in [1.54, 1.807) is 23.9 Å². The number of aromatic nitrogens is 3. The van der Waals surface area contributed by atoms with E-state index in [0.29, 0.717) is 17.5 Å². The number of ether oxygens (including phenoxy) is 1. The summed E-state index contributed by atoms with van der Waals surface area (Å²) in [5, 5.41) is 19.3. The normalized spacial score (nSPS) is 26.4. The monoisotopic (exact) mass is 280 g/mol. The maximum Gasteiger partial charge on any atom is 0.264 e. The molecule has 0 radical (unpaired) electrons. The second-order valence-corrected chi connectivity index (χ2v) is 4.91. The van der Waals surface area contributed by atoms with Gasteiger partial charge in [0.05, 0.1) is 18.1 Å². The van der Waals surface area contributed by atoms with Crippen LogP contribution >= 0.6 is 0 Å². The Labute approximate surface area is 114 Å². The molecule has 108 valence electrons. The Morgan fingerprint density at radius 1 is 1.60 bits per heavy atom. The van der Waals surface area contributed by atoms with Crippen molar-refractivity contribution in [2.45, 2.75) is 24.9 Å². The summed E-state index contributed by atoms with van der Waals surface area (Å²) < 4.78 is 8.49. The third kappa shape index (κ3) is 1.80. The van der Waals surface area contributed by atoms with Crippen molar-refractivity contribution in [2.75, 3.05) is 12.3 Å². The summed E-state index contributed by atoms with van der Waals surface area (Å²) in [4.78, 5) is 16.3. The smallest absolute Gasteiger partial charge is 0.264 e. The Morgan fingerprint density at radius 2 is 2.35 bits per heavy atom. The maximum absolute atomic E-state index is 12.1. The lowest BCUT2D eigenvalue weighted by atomic mass is 10.2. The highest BCUT2D eigenvalue weighted by Crippen LogP contribution is 2.30. The van der Waals surface area contributed by atoms with Crippen LogP contribution in [0.5, 0.6) is 0 Å². The van der Waals surface area contributed by atoms with Gasteiger partial charge in [0.15, 0.2) is 5.65 Å². The molecule has 0 aromatic carbocycles. The molecular weight excluding hydrogens is 264 g/mol. The molecule has 2 aromatic heterocycles. The molecule has 1 saturated heterocycles. The highest BCUT2D eigenvalue weighted by atomic mass is 16.5. The van der Waals surface area contributed by atoms with Gasteiger partial charge in [-0.05, 0) is 6.07 Å². The average molecular weight is 280 g/mol. The van der Waals surface area contributed by atoms with E-state index in [4.69, 9.17) is 15.6 Å². The number of hydrogen-bond acceptors (Lipinski definition) is 6. The van der Waals surface area contributed by atoms with Gasteiger partial charge in [-0.25, -0.2) is 0 Å². The molecule has 3 heterocycles. The molecule has 0 bridgehead atoms. The second kappa shape index (κ2) is 4.58. The van der Waals surface area contributed by atoms with Crippen LogP contribution < -0.4 is 11.3 Å². The van der Waals surface area contributed by atoms with Gasteiger partial charge in [-0.3, -0.25) is 9.36 Å². The van der Waals surface area contributed by atoms with E-state index < -0.39 is 18.4 Å². The van der Waals surface area contributed by atoms with Crippen molar-refractivity contribution in [3.63, 3.8) is 0 Å². The Bertz CT molecular complexity index is 707. The van der Waals surface area contributed by atoms with E-state index >= 15 is 0 Å². The minimum absolute atomic E-state index is 0.111. The van der Waals surface area contributed by atoms with Crippen LogP contribution in [0.25, 0.3) is 11.0 Å².